The number of anilines is 1. The van der Waals surface area contributed by atoms with Gasteiger partial charge in [0.05, 0.1) is 27.8 Å². The Morgan fingerprint density at radius 3 is 2.38 bits per heavy atom. The first-order chi connectivity index (χ1) is 9.99. The van der Waals surface area contributed by atoms with Gasteiger partial charge in [-0.05, 0) is 23.8 Å². The molecule has 7 heteroatoms. The number of nitrogens with zero attached hydrogens (tertiary/aromatic N) is 2. The molecule has 0 aliphatic carbocycles. The fourth-order valence-corrected chi connectivity index (χ4v) is 2.80. The summed E-state index contributed by atoms with van der Waals surface area (Å²) in [6.07, 6.45) is 1.54. The van der Waals surface area contributed by atoms with Gasteiger partial charge in [-0.25, -0.2) is 4.98 Å². The van der Waals surface area contributed by atoms with Gasteiger partial charge in [0, 0.05) is 6.20 Å². The van der Waals surface area contributed by atoms with Crippen molar-refractivity contribution in [2.45, 2.75) is 6.54 Å². The summed E-state index contributed by atoms with van der Waals surface area (Å²) >= 11 is 17.8. The minimum absolute atomic E-state index is 0.149. The van der Waals surface area contributed by atoms with Crippen LogP contribution in [0.2, 0.25) is 15.2 Å². The van der Waals surface area contributed by atoms with Crippen molar-refractivity contribution < 1.29 is 9.59 Å². The van der Waals surface area contributed by atoms with E-state index in [1.165, 1.54) is 17.2 Å². The third-order valence-corrected chi connectivity index (χ3v) is 3.99. The van der Waals surface area contributed by atoms with E-state index < -0.39 is 11.7 Å². The fourth-order valence-electron chi connectivity index (χ4n) is 2.19. The molecule has 3 rings (SSSR count). The lowest BCUT2D eigenvalue weighted by Gasteiger charge is -2.17. The molecule has 21 heavy (non-hydrogen) atoms. The Morgan fingerprint density at radius 1 is 1.00 bits per heavy atom. The number of aromatic nitrogens is 1. The minimum Gasteiger partial charge on any atom is -0.299 e. The van der Waals surface area contributed by atoms with E-state index in [4.69, 9.17) is 34.8 Å². The van der Waals surface area contributed by atoms with Crippen molar-refractivity contribution in [2.24, 2.45) is 0 Å². The monoisotopic (exact) mass is 340 g/mol. The third kappa shape index (κ3) is 2.39. The molecule has 0 fully saturated rings. The molecule has 1 aliphatic heterocycles. The Bertz CT molecular complexity index is 760. The first-order valence-corrected chi connectivity index (χ1v) is 7.07. The molecule has 0 N–H and O–H groups in total. The molecular weight excluding hydrogens is 335 g/mol. The number of rotatable bonds is 2. The van der Waals surface area contributed by atoms with E-state index in [1.807, 2.05) is 0 Å². The first-order valence-electron chi connectivity index (χ1n) is 5.93. The Kier molecular flexibility index (Phi) is 3.61. The molecule has 2 heterocycles. The summed E-state index contributed by atoms with van der Waals surface area (Å²) in [5, 5.41) is 0.865. The van der Waals surface area contributed by atoms with Crippen molar-refractivity contribution >= 4 is 52.2 Å². The van der Waals surface area contributed by atoms with E-state index in [1.54, 1.807) is 18.2 Å². The Morgan fingerprint density at radius 2 is 1.71 bits per heavy atom. The zero-order valence-corrected chi connectivity index (χ0v) is 12.7. The summed E-state index contributed by atoms with van der Waals surface area (Å²) < 4.78 is 0. The second-order valence-electron chi connectivity index (χ2n) is 4.46. The normalized spacial score (nSPS) is 13.8. The molecule has 0 bridgehead atoms. The van der Waals surface area contributed by atoms with Crippen LogP contribution in [0.25, 0.3) is 0 Å². The van der Waals surface area contributed by atoms with Gasteiger partial charge in [-0.1, -0.05) is 40.9 Å². The zero-order valence-electron chi connectivity index (χ0n) is 10.4. The van der Waals surface area contributed by atoms with Crippen LogP contribution in [0.4, 0.5) is 5.69 Å². The predicted octanol–water partition coefficient (Wildman–Crippen LogP) is 3.77. The Balaban J connectivity index is 2.05. The fraction of sp³-hybridized carbons (Fsp3) is 0.0714. The number of amides is 1. The highest BCUT2D eigenvalue weighted by molar-refractivity contribution is 6.56. The topological polar surface area (TPSA) is 50.3 Å². The SMILES string of the molecule is O=C1C(=O)N(Cc2ccc(Cl)nc2)c2c(Cl)ccc(Cl)c21. The number of Topliss-reactive ketones (excluding diaryl/α,β-unsaturated/α-hetero) is 1. The zero-order chi connectivity index (χ0) is 15.1. The summed E-state index contributed by atoms with van der Waals surface area (Å²) in [7, 11) is 0. The lowest BCUT2D eigenvalue weighted by Crippen LogP contribution is -2.29. The number of benzene rings is 1. The van der Waals surface area contributed by atoms with E-state index in [0.717, 1.165) is 5.56 Å². The quantitative estimate of drug-likeness (QED) is 0.617. The number of ketones is 1. The van der Waals surface area contributed by atoms with Crippen LogP contribution in [0.3, 0.4) is 0 Å². The second kappa shape index (κ2) is 5.30. The number of hydrogen-bond donors (Lipinski definition) is 0. The van der Waals surface area contributed by atoms with Gasteiger partial charge in [0.15, 0.2) is 0 Å². The number of carbonyl (C=O) groups is 2. The molecule has 1 aromatic carbocycles. The van der Waals surface area contributed by atoms with Gasteiger partial charge in [-0.15, -0.1) is 0 Å². The molecule has 0 radical (unpaired) electrons. The average molecular weight is 342 g/mol. The highest BCUT2D eigenvalue weighted by atomic mass is 35.5. The van der Waals surface area contributed by atoms with Gasteiger partial charge in [-0.2, -0.15) is 0 Å². The molecule has 0 spiro atoms. The van der Waals surface area contributed by atoms with Crippen molar-refractivity contribution in [3.63, 3.8) is 0 Å². The van der Waals surface area contributed by atoms with E-state index in [-0.39, 0.29) is 17.1 Å². The Labute approximate surface area is 135 Å². The molecule has 0 unspecified atom stereocenters. The molecular formula is C14H7Cl3N2O2. The molecule has 0 saturated carbocycles. The number of carbonyl (C=O) groups excluding carboxylic acids is 2. The summed E-state index contributed by atoms with van der Waals surface area (Å²) in [6.45, 7) is 0.168. The third-order valence-electron chi connectivity index (χ3n) is 3.14. The largest absolute Gasteiger partial charge is 0.299 e. The summed E-state index contributed by atoms with van der Waals surface area (Å²) in [6, 6.07) is 6.40. The van der Waals surface area contributed by atoms with E-state index in [0.29, 0.717) is 15.9 Å². The summed E-state index contributed by atoms with van der Waals surface area (Å²) in [5.74, 6) is -1.31. The molecule has 1 aromatic heterocycles. The lowest BCUT2D eigenvalue weighted by molar-refractivity contribution is -0.114. The van der Waals surface area contributed by atoms with Gasteiger partial charge < -0.3 is 0 Å². The number of pyridine rings is 1. The average Bonchev–Trinajstić information content (AvgIpc) is 2.71. The Hall–Kier alpha value is -1.62. The second-order valence-corrected chi connectivity index (χ2v) is 5.66. The van der Waals surface area contributed by atoms with E-state index in [2.05, 4.69) is 4.98 Å². The minimum atomic E-state index is -0.657. The van der Waals surface area contributed by atoms with Crippen molar-refractivity contribution in [3.8, 4) is 0 Å². The number of fused-ring (bicyclic) bond motifs is 1. The maximum absolute atomic E-state index is 12.2. The molecule has 0 atom stereocenters. The van der Waals surface area contributed by atoms with Crippen LogP contribution in [0.5, 0.6) is 0 Å². The highest BCUT2D eigenvalue weighted by Crippen LogP contribution is 2.40. The van der Waals surface area contributed by atoms with Gasteiger partial charge >= 0.3 is 0 Å². The molecule has 2 aromatic rings. The van der Waals surface area contributed by atoms with Crippen LogP contribution in [-0.2, 0) is 11.3 Å². The molecule has 106 valence electrons. The summed E-state index contributed by atoms with van der Waals surface area (Å²) in [4.78, 5) is 29.5. The molecule has 1 amide bonds. The summed E-state index contributed by atoms with van der Waals surface area (Å²) in [5.41, 5.74) is 1.22. The van der Waals surface area contributed by atoms with Crippen LogP contribution in [-0.4, -0.2) is 16.7 Å². The van der Waals surface area contributed by atoms with Crippen molar-refractivity contribution in [3.05, 3.63) is 56.8 Å². The number of hydrogen-bond acceptors (Lipinski definition) is 3. The molecule has 1 aliphatic rings. The van der Waals surface area contributed by atoms with Gasteiger partial charge in [0.25, 0.3) is 11.7 Å². The van der Waals surface area contributed by atoms with Crippen molar-refractivity contribution in [2.75, 3.05) is 4.90 Å². The maximum Gasteiger partial charge on any atom is 0.299 e. The smallest absolute Gasteiger partial charge is 0.299 e. The molecule has 0 saturated heterocycles. The lowest BCUT2D eigenvalue weighted by atomic mass is 10.1. The van der Waals surface area contributed by atoms with E-state index >= 15 is 0 Å². The van der Waals surface area contributed by atoms with Crippen LogP contribution in [0.1, 0.15) is 15.9 Å². The van der Waals surface area contributed by atoms with E-state index in [9.17, 15) is 9.59 Å². The van der Waals surface area contributed by atoms with Crippen LogP contribution >= 0.6 is 34.8 Å². The highest BCUT2D eigenvalue weighted by Gasteiger charge is 2.39. The van der Waals surface area contributed by atoms with Crippen molar-refractivity contribution in [1.82, 2.24) is 4.98 Å². The predicted molar refractivity (Wildman–Crippen MR) is 81.2 cm³/mol. The standard InChI is InChI=1S/C14H7Cl3N2O2/c15-8-2-3-9(16)12-11(8)13(20)14(21)19(12)6-7-1-4-10(17)18-5-7/h1-5H,6H2. The maximum atomic E-state index is 12.2. The van der Waals surface area contributed by atoms with Crippen molar-refractivity contribution in [1.29, 1.82) is 0 Å². The van der Waals surface area contributed by atoms with Gasteiger partial charge in [-0.3, -0.25) is 14.5 Å². The van der Waals surface area contributed by atoms with Crippen LogP contribution < -0.4 is 4.90 Å². The van der Waals surface area contributed by atoms with Crippen LogP contribution in [0.15, 0.2) is 30.5 Å². The number of halogens is 3. The van der Waals surface area contributed by atoms with Crippen LogP contribution in [0, 0.1) is 0 Å². The molecule has 4 nitrogen and oxygen atoms in total. The van der Waals surface area contributed by atoms with Gasteiger partial charge in [0.1, 0.15) is 5.15 Å². The first kappa shape index (κ1) is 14.3. The van der Waals surface area contributed by atoms with Gasteiger partial charge in [0.2, 0.25) is 0 Å².